The molecule has 15 heteroatoms. The third kappa shape index (κ3) is 6.51. The second-order valence-corrected chi connectivity index (χ2v) is 10.7. The Labute approximate surface area is 253 Å². The van der Waals surface area contributed by atoms with Crippen LogP contribution in [0.15, 0.2) is 66.7 Å². The highest BCUT2D eigenvalue weighted by Crippen LogP contribution is 2.47. The summed E-state index contributed by atoms with van der Waals surface area (Å²) in [6.45, 7) is 0. The third-order valence-corrected chi connectivity index (χ3v) is 7.72. The molecule has 0 spiro atoms. The molecule has 2 heterocycles. The normalized spacial score (nSPS) is 17.6. The number of H-pyrrole nitrogens is 1. The van der Waals surface area contributed by atoms with Crippen molar-refractivity contribution in [2.45, 2.75) is 56.3 Å². The van der Waals surface area contributed by atoms with Crippen molar-refractivity contribution >= 4 is 23.6 Å². The van der Waals surface area contributed by atoms with E-state index in [0.29, 0.717) is 17.0 Å². The molecule has 0 bridgehead atoms. The van der Waals surface area contributed by atoms with E-state index in [4.69, 9.17) is 0 Å². The molecule has 1 saturated carbocycles. The van der Waals surface area contributed by atoms with Gasteiger partial charge in [0.15, 0.2) is 11.5 Å². The van der Waals surface area contributed by atoms with Crippen molar-refractivity contribution in [2.75, 3.05) is 10.6 Å². The molecule has 1 aliphatic carbocycles. The van der Waals surface area contributed by atoms with Gasteiger partial charge >= 0.3 is 18.2 Å². The van der Waals surface area contributed by atoms with Gasteiger partial charge in [0.25, 0.3) is 11.9 Å². The molecule has 1 unspecified atom stereocenters. The fraction of sp³-hybridized carbons (Fsp3) is 0.300. The molecule has 0 radical (unpaired) electrons. The molecule has 1 aliphatic heterocycles. The molecule has 6 rings (SSSR count). The van der Waals surface area contributed by atoms with E-state index >= 15 is 0 Å². The lowest BCUT2D eigenvalue weighted by atomic mass is 9.83. The third-order valence-electron chi connectivity index (χ3n) is 7.72. The molecule has 4 aromatic rings. The summed E-state index contributed by atoms with van der Waals surface area (Å²) in [7, 11) is 0. The van der Waals surface area contributed by atoms with Crippen LogP contribution in [0, 0.1) is 0 Å². The van der Waals surface area contributed by atoms with Crippen LogP contribution < -0.4 is 25.4 Å². The Morgan fingerprint density at radius 3 is 2.11 bits per heavy atom. The number of carbonyl (C=O) groups excluding carboxylic acids is 2. The largest absolute Gasteiger partial charge is 0.507 e. The van der Waals surface area contributed by atoms with Crippen LogP contribution in [0.2, 0.25) is 0 Å². The number of amides is 3. The Kier molecular flexibility index (Phi) is 7.99. The highest BCUT2D eigenvalue weighted by Gasteiger charge is 2.65. The van der Waals surface area contributed by atoms with Gasteiger partial charge in [-0.2, -0.15) is 22.8 Å². The van der Waals surface area contributed by atoms with Crippen molar-refractivity contribution in [3.8, 4) is 11.5 Å². The number of urea groups is 1. The molecule has 1 aromatic heterocycles. The fourth-order valence-electron chi connectivity index (χ4n) is 5.41. The second-order valence-electron chi connectivity index (χ2n) is 10.7. The van der Waals surface area contributed by atoms with Crippen LogP contribution >= 0.6 is 0 Å². The van der Waals surface area contributed by atoms with E-state index in [-0.39, 0.29) is 11.6 Å². The number of halogens is 4. The number of aromatic amines is 1. The smallest absolute Gasteiger partial charge is 0.421 e. The number of carbonyl (C=O) groups is 2. The van der Waals surface area contributed by atoms with Gasteiger partial charge in [0, 0.05) is 17.3 Å². The molecule has 3 amide bonds. The minimum absolute atomic E-state index is 0.00394. The first-order chi connectivity index (χ1) is 21.6. The summed E-state index contributed by atoms with van der Waals surface area (Å²) >= 11 is 0. The number of ether oxygens (including phenoxy) is 2. The van der Waals surface area contributed by atoms with Gasteiger partial charge in [-0.15, -0.1) is 5.10 Å². The molecule has 4 N–H and O–H groups in total. The number of anilines is 2. The van der Waals surface area contributed by atoms with Crippen LogP contribution in [0.3, 0.4) is 0 Å². The zero-order valence-corrected chi connectivity index (χ0v) is 23.5. The highest BCUT2D eigenvalue weighted by molar-refractivity contribution is 6.03. The van der Waals surface area contributed by atoms with Crippen LogP contribution in [0.5, 0.6) is 11.5 Å². The molecule has 234 valence electrons. The summed E-state index contributed by atoms with van der Waals surface area (Å²) in [5.41, 5.74) is 2.90. The molecular weight excluding hydrogens is 598 g/mol. The lowest BCUT2D eigenvalue weighted by Crippen LogP contribution is -2.52. The molecule has 11 nitrogen and oxygen atoms in total. The van der Waals surface area contributed by atoms with E-state index in [0.717, 1.165) is 30.5 Å². The topological polar surface area (TPSA) is 143 Å². The van der Waals surface area contributed by atoms with Gasteiger partial charge in [0.2, 0.25) is 0 Å². The number of nitrogens with zero attached hydrogens (tertiary/aromatic N) is 3. The summed E-state index contributed by atoms with van der Waals surface area (Å²) in [5.74, 6) is -1.24. The van der Waals surface area contributed by atoms with Gasteiger partial charge in [-0.05, 0) is 64.9 Å². The minimum Gasteiger partial charge on any atom is -0.421 e. The van der Waals surface area contributed by atoms with Crippen LogP contribution in [-0.2, 0) is 0 Å². The van der Waals surface area contributed by atoms with Crippen molar-refractivity contribution in [1.82, 2.24) is 25.9 Å². The van der Waals surface area contributed by atoms with Crippen molar-refractivity contribution in [1.29, 1.82) is 0 Å². The van der Waals surface area contributed by atoms with E-state index in [1.807, 2.05) is 24.3 Å². The predicted octanol–water partition coefficient (Wildman–Crippen LogP) is 6.37. The maximum Gasteiger partial charge on any atom is 0.507 e. The first-order valence-electron chi connectivity index (χ1n) is 14.2. The summed E-state index contributed by atoms with van der Waals surface area (Å²) < 4.78 is 62.7. The number of rotatable bonds is 7. The molecule has 0 saturated heterocycles. The quantitative estimate of drug-likeness (QED) is 0.175. The number of alkyl halides is 4. The predicted molar refractivity (Wildman–Crippen MR) is 152 cm³/mol. The maximum absolute atomic E-state index is 13.7. The molecule has 1 fully saturated rings. The Bertz CT molecular complexity index is 1660. The second kappa shape index (κ2) is 12.1. The standard InChI is InChI=1S/C30H27F4N7O4/c31-29(32)30(33,34)45-24-16-22(14-15-23(24)44-29)35-28(43)36-25(19-8-6-18(7-9-19)17-4-2-1-3-5-17)20-10-12-21(13-11-20)26(42)37-27-38-40-41-39-27/h6-17,25H,1-5H2,(H2,35,36,43)(H2,37,38,39,40,41,42). The summed E-state index contributed by atoms with van der Waals surface area (Å²) in [4.78, 5) is 25.8. The monoisotopic (exact) mass is 625 g/mol. The van der Waals surface area contributed by atoms with Crippen LogP contribution in [0.1, 0.15) is 71.1 Å². The SMILES string of the molecule is O=C(Nc1ccc2c(c1)OC(F)(F)C(F)(F)O2)NC(c1ccc(C(=O)Nc2nn[nH]n2)cc1)c1ccc(C2CCCCC2)cc1. The number of aromatic nitrogens is 4. The van der Waals surface area contributed by atoms with Gasteiger partial charge in [-0.3, -0.25) is 10.1 Å². The molecule has 3 aromatic carbocycles. The van der Waals surface area contributed by atoms with Crippen LogP contribution in [-0.4, -0.2) is 44.8 Å². The van der Waals surface area contributed by atoms with Crippen molar-refractivity contribution in [3.63, 3.8) is 0 Å². The van der Waals surface area contributed by atoms with Crippen LogP contribution in [0.25, 0.3) is 0 Å². The Morgan fingerprint density at radius 2 is 1.47 bits per heavy atom. The first kappa shape index (κ1) is 29.8. The molecular formula is C30H27F4N7O4. The number of fused-ring (bicyclic) bond motifs is 1. The lowest BCUT2D eigenvalue weighted by molar-refractivity contribution is -0.391. The first-order valence-corrected chi connectivity index (χ1v) is 14.2. The van der Waals surface area contributed by atoms with E-state index in [9.17, 15) is 27.2 Å². The Hall–Kier alpha value is -5.21. The summed E-state index contributed by atoms with van der Waals surface area (Å²) in [5, 5.41) is 20.9. The van der Waals surface area contributed by atoms with Gasteiger partial charge in [0.1, 0.15) is 0 Å². The van der Waals surface area contributed by atoms with Gasteiger partial charge in [-0.1, -0.05) is 60.8 Å². The Morgan fingerprint density at radius 1 is 0.822 bits per heavy atom. The molecule has 45 heavy (non-hydrogen) atoms. The van der Waals surface area contributed by atoms with E-state index in [2.05, 4.69) is 46.0 Å². The molecule has 1 atom stereocenters. The highest BCUT2D eigenvalue weighted by atomic mass is 19.3. The number of hydrogen-bond donors (Lipinski definition) is 4. The zero-order chi connectivity index (χ0) is 31.6. The van der Waals surface area contributed by atoms with Gasteiger partial charge in [-0.25, -0.2) is 4.79 Å². The lowest BCUT2D eigenvalue weighted by Gasteiger charge is -2.32. The zero-order valence-electron chi connectivity index (χ0n) is 23.5. The van der Waals surface area contributed by atoms with E-state index in [1.54, 1.807) is 24.3 Å². The number of benzene rings is 3. The van der Waals surface area contributed by atoms with Crippen molar-refractivity contribution in [3.05, 3.63) is 89.0 Å². The number of nitrogens with one attached hydrogen (secondary N) is 4. The molecule has 2 aliphatic rings. The average Bonchev–Trinajstić information content (AvgIpc) is 3.54. The van der Waals surface area contributed by atoms with Crippen LogP contribution in [0.4, 0.5) is 34.0 Å². The van der Waals surface area contributed by atoms with E-state index in [1.165, 1.54) is 30.9 Å². The van der Waals surface area contributed by atoms with Gasteiger partial charge in [0.05, 0.1) is 6.04 Å². The van der Waals surface area contributed by atoms with Gasteiger partial charge < -0.3 is 20.1 Å². The summed E-state index contributed by atoms with van der Waals surface area (Å²) in [6.07, 6.45) is -3.91. The summed E-state index contributed by atoms with van der Waals surface area (Å²) in [6, 6.07) is 16.2. The number of hydrogen-bond acceptors (Lipinski definition) is 7. The maximum atomic E-state index is 13.7. The minimum atomic E-state index is -4.90. The van der Waals surface area contributed by atoms with Crippen molar-refractivity contribution < 1.29 is 36.6 Å². The number of tetrazole rings is 1. The average molecular weight is 626 g/mol. The Balaban J connectivity index is 1.22. The van der Waals surface area contributed by atoms with Crippen molar-refractivity contribution in [2.24, 2.45) is 0 Å². The fourth-order valence-corrected chi connectivity index (χ4v) is 5.41. The van der Waals surface area contributed by atoms with E-state index < -0.39 is 41.7 Å².